The van der Waals surface area contributed by atoms with Gasteiger partial charge >= 0.3 is 0 Å². The average molecular weight is 359 g/mol. The molecule has 1 aliphatic heterocycles. The van der Waals surface area contributed by atoms with E-state index in [1.54, 1.807) is 0 Å². The molecule has 0 radical (unpaired) electrons. The van der Waals surface area contributed by atoms with E-state index in [0.29, 0.717) is 18.1 Å². The van der Waals surface area contributed by atoms with Gasteiger partial charge in [0.05, 0.1) is 6.42 Å². The predicted octanol–water partition coefficient (Wildman–Crippen LogP) is 3.33. The third-order valence-electron chi connectivity index (χ3n) is 4.32. The van der Waals surface area contributed by atoms with Crippen LogP contribution in [0.1, 0.15) is 24.0 Å². The van der Waals surface area contributed by atoms with Crippen LogP contribution in [0.15, 0.2) is 48.5 Å². The van der Waals surface area contributed by atoms with Crippen LogP contribution in [0.4, 0.5) is 0 Å². The number of hydrogen-bond acceptors (Lipinski definition) is 3. The molecule has 0 spiro atoms. The summed E-state index contributed by atoms with van der Waals surface area (Å²) in [5, 5.41) is 7.11. The molecule has 0 bridgehead atoms. The van der Waals surface area contributed by atoms with E-state index < -0.39 is 0 Å². The smallest absolute Gasteiger partial charge is 0.224 e. The van der Waals surface area contributed by atoms with Crippen LogP contribution in [0.5, 0.6) is 5.75 Å². The molecule has 0 aromatic heterocycles. The second-order valence-electron chi connectivity index (χ2n) is 6.30. The molecular formula is C20H23ClN2O2. The highest BCUT2D eigenvalue weighted by molar-refractivity contribution is 6.31. The van der Waals surface area contributed by atoms with E-state index in [1.165, 1.54) is 0 Å². The van der Waals surface area contributed by atoms with Gasteiger partial charge in [0.25, 0.3) is 0 Å². The van der Waals surface area contributed by atoms with Crippen molar-refractivity contribution in [3.8, 4) is 5.75 Å². The van der Waals surface area contributed by atoms with E-state index in [0.717, 1.165) is 42.8 Å². The molecule has 132 valence electrons. The van der Waals surface area contributed by atoms with Crippen LogP contribution in [-0.2, 0) is 17.8 Å². The standard InChI is InChI=1S/C20H23ClN2O2/c21-19-7-2-1-5-16(19)14-25-18-6-3-4-15(12-18)13-20(24)23-17-8-10-22-11-9-17/h1-7,12,17,22H,8-11,13-14H2,(H,23,24). The second kappa shape index (κ2) is 8.88. The maximum absolute atomic E-state index is 12.2. The van der Waals surface area contributed by atoms with Crippen molar-refractivity contribution in [2.45, 2.75) is 31.9 Å². The summed E-state index contributed by atoms with van der Waals surface area (Å²) in [6.45, 7) is 2.34. The van der Waals surface area contributed by atoms with E-state index in [9.17, 15) is 4.79 Å². The first-order chi connectivity index (χ1) is 12.2. The van der Waals surface area contributed by atoms with Gasteiger partial charge in [0.15, 0.2) is 0 Å². The summed E-state index contributed by atoms with van der Waals surface area (Å²) < 4.78 is 5.82. The van der Waals surface area contributed by atoms with Crippen LogP contribution < -0.4 is 15.4 Å². The summed E-state index contributed by atoms with van der Waals surface area (Å²) in [5.74, 6) is 0.808. The molecule has 1 heterocycles. The molecule has 1 saturated heterocycles. The normalized spacial score (nSPS) is 14.9. The lowest BCUT2D eigenvalue weighted by molar-refractivity contribution is -0.121. The van der Waals surface area contributed by atoms with E-state index in [2.05, 4.69) is 10.6 Å². The molecule has 1 fully saturated rings. The van der Waals surface area contributed by atoms with Crippen LogP contribution in [0.25, 0.3) is 0 Å². The Hall–Kier alpha value is -2.04. The SMILES string of the molecule is O=C(Cc1cccc(OCc2ccccc2Cl)c1)NC1CCNCC1. The number of rotatable bonds is 6. The summed E-state index contributed by atoms with van der Waals surface area (Å²) in [4.78, 5) is 12.2. The first-order valence-corrected chi connectivity index (χ1v) is 9.04. The molecule has 2 aromatic rings. The highest BCUT2D eigenvalue weighted by atomic mass is 35.5. The van der Waals surface area contributed by atoms with Crippen LogP contribution in [-0.4, -0.2) is 25.0 Å². The molecule has 0 unspecified atom stereocenters. The second-order valence-corrected chi connectivity index (χ2v) is 6.70. The minimum Gasteiger partial charge on any atom is -0.489 e. The lowest BCUT2D eigenvalue weighted by atomic mass is 10.1. The van der Waals surface area contributed by atoms with Crippen molar-refractivity contribution in [1.29, 1.82) is 0 Å². The molecule has 2 aromatic carbocycles. The number of carbonyl (C=O) groups excluding carboxylic acids is 1. The molecule has 3 rings (SSSR count). The third kappa shape index (κ3) is 5.48. The Labute approximate surface area is 153 Å². The summed E-state index contributed by atoms with van der Waals surface area (Å²) >= 11 is 6.15. The number of halogens is 1. The Balaban J connectivity index is 1.54. The summed E-state index contributed by atoms with van der Waals surface area (Å²) in [6, 6.07) is 15.6. The molecule has 25 heavy (non-hydrogen) atoms. The van der Waals surface area contributed by atoms with Gasteiger partial charge in [-0.15, -0.1) is 0 Å². The number of hydrogen-bond donors (Lipinski definition) is 2. The highest BCUT2D eigenvalue weighted by Crippen LogP contribution is 2.19. The van der Waals surface area contributed by atoms with Crippen molar-refractivity contribution in [1.82, 2.24) is 10.6 Å². The van der Waals surface area contributed by atoms with Gasteiger partial charge in [-0.2, -0.15) is 0 Å². The van der Waals surface area contributed by atoms with Gasteiger partial charge in [-0.3, -0.25) is 4.79 Å². The molecular weight excluding hydrogens is 336 g/mol. The largest absolute Gasteiger partial charge is 0.489 e. The zero-order chi connectivity index (χ0) is 17.5. The number of amides is 1. The molecule has 4 nitrogen and oxygen atoms in total. The Morgan fingerprint density at radius 2 is 1.96 bits per heavy atom. The van der Waals surface area contributed by atoms with Gasteiger partial charge in [-0.25, -0.2) is 0 Å². The molecule has 1 aliphatic rings. The van der Waals surface area contributed by atoms with E-state index in [4.69, 9.17) is 16.3 Å². The lowest BCUT2D eigenvalue weighted by Gasteiger charge is -2.23. The number of nitrogens with one attached hydrogen (secondary N) is 2. The van der Waals surface area contributed by atoms with E-state index in [-0.39, 0.29) is 11.9 Å². The van der Waals surface area contributed by atoms with Crippen molar-refractivity contribution in [3.63, 3.8) is 0 Å². The Morgan fingerprint density at radius 1 is 1.16 bits per heavy atom. The molecule has 0 atom stereocenters. The Morgan fingerprint density at radius 3 is 2.76 bits per heavy atom. The van der Waals surface area contributed by atoms with Crippen LogP contribution in [0.3, 0.4) is 0 Å². The summed E-state index contributed by atoms with van der Waals surface area (Å²) in [7, 11) is 0. The lowest BCUT2D eigenvalue weighted by Crippen LogP contribution is -2.43. The first kappa shape index (κ1) is 17.8. The van der Waals surface area contributed by atoms with Gasteiger partial charge in [0, 0.05) is 16.6 Å². The zero-order valence-corrected chi connectivity index (χ0v) is 14.9. The highest BCUT2D eigenvalue weighted by Gasteiger charge is 2.15. The number of carbonyl (C=O) groups is 1. The maximum Gasteiger partial charge on any atom is 0.224 e. The fraction of sp³-hybridized carbons (Fsp3) is 0.350. The van der Waals surface area contributed by atoms with Gasteiger partial charge < -0.3 is 15.4 Å². The monoisotopic (exact) mass is 358 g/mol. The molecule has 1 amide bonds. The van der Waals surface area contributed by atoms with Gasteiger partial charge in [0.1, 0.15) is 12.4 Å². The third-order valence-corrected chi connectivity index (χ3v) is 4.69. The number of benzene rings is 2. The van der Waals surface area contributed by atoms with Gasteiger partial charge in [-0.05, 0) is 49.7 Å². The van der Waals surface area contributed by atoms with Crippen molar-refractivity contribution in [2.24, 2.45) is 0 Å². The van der Waals surface area contributed by atoms with E-state index in [1.807, 2.05) is 48.5 Å². The number of piperidine rings is 1. The fourth-order valence-electron chi connectivity index (χ4n) is 2.95. The quantitative estimate of drug-likeness (QED) is 0.832. The topological polar surface area (TPSA) is 50.4 Å². The van der Waals surface area contributed by atoms with E-state index >= 15 is 0 Å². The predicted molar refractivity (Wildman–Crippen MR) is 100.0 cm³/mol. The average Bonchev–Trinajstić information content (AvgIpc) is 2.62. The van der Waals surface area contributed by atoms with Crippen molar-refractivity contribution in [2.75, 3.05) is 13.1 Å². The van der Waals surface area contributed by atoms with Crippen LogP contribution in [0, 0.1) is 0 Å². The van der Waals surface area contributed by atoms with Gasteiger partial charge in [0.2, 0.25) is 5.91 Å². The molecule has 0 aliphatic carbocycles. The number of ether oxygens (including phenoxy) is 1. The van der Waals surface area contributed by atoms with Crippen LogP contribution >= 0.6 is 11.6 Å². The Kier molecular flexibility index (Phi) is 6.31. The van der Waals surface area contributed by atoms with Crippen molar-refractivity contribution in [3.05, 3.63) is 64.7 Å². The molecule has 0 saturated carbocycles. The van der Waals surface area contributed by atoms with Crippen molar-refractivity contribution >= 4 is 17.5 Å². The summed E-state index contributed by atoms with van der Waals surface area (Å²) in [6.07, 6.45) is 2.35. The Bertz CT molecular complexity index is 714. The minimum absolute atomic E-state index is 0.0650. The van der Waals surface area contributed by atoms with Crippen LogP contribution in [0.2, 0.25) is 5.02 Å². The fourth-order valence-corrected chi connectivity index (χ4v) is 3.14. The molecule has 5 heteroatoms. The maximum atomic E-state index is 12.2. The summed E-state index contributed by atoms with van der Waals surface area (Å²) in [5.41, 5.74) is 1.89. The zero-order valence-electron chi connectivity index (χ0n) is 14.1. The van der Waals surface area contributed by atoms with Crippen molar-refractivity contribution < 1.29 is 9.53 Å². The first-order valence-electron chi connectivity index (χ1n) is 8.66. The van der Waals surface area contributed by atoms with Gasteiger partial charge in [-0.1, -0.05) is 41.9 Å². The minimum atomic E-state index is 0.0650. The molecule has 2 N–H and O–H groups in total.